The van der Waals surface area contributed by atoms with E-state index in [9.17, 15) is 24.8 Å². The van der Waals surface area contributed by atoms with Crippen molar-refractivity contribution in [2.24, 2.45) is 0 Å². The molecule has 6 nitrogen and oxygen atoms in total. The van der Waals surface area contributed by atoms with Gasteiger partial charge in [0.05, 0.1) is 7.11 Å². The predicted molar refractivity (Wildman–Crippen MR) is 366 cm³/mol. The first-order valence-electron chi connectivity index (χ1n) is 29.9. The van der Waals surface area contributed by atoms with E-state index in [-0.39, 0.29) is 5.75 Å². The first-order valence-corrected chi connectivity index (χ1v) is 29.9. The van der Waals surface area contributed by atoms with Crippen LogP contribution < -0.4 is 10.5 Å². The molecule has 0 aromatic heterocycles. The quantitative estimate of drug-likeness (QED) is 0.102. The summed E-state index contributed by atoms with van der Waals surface area (Å²) in [7, 11) is 1.71. The molecule has 86 heavy (non-hydrogen) atoms. The number of fused-ring (bicyclic) bond motifs is 6. The van der Waals surface area contributed by atoms with Crippen molar-refractivity contribution in [1.82, 2.24) is 0 Å². The minimum absolute atomic E-state index is 0.261. The summed E-state index contributed by atoms with van der Waals surface area (Å²) >= 11 is 0. The summed E-state index contributed by atoms with van der Waals surface area (Å²) in [6.07, 6.45) is 0. The normalized spacial score (nSPS) is 11.1. The number of halogens is 1. The van der Waals surface area contributed by atoms with E-state index in [0.29, 0.717) is 58.1 Å². The number of nitrogen functional groups attached to an aromatic ring is 1. The maximum Gasteiger partial charge on any atom is 0.165 e. The standard InChI is InChI=1S/C14H16O.C13H13FO.C13H15N.3C13H14O/c1-10(2)11-7-8-13-12(9-11)5-4-6-14(13)15-3;1-8(2)9-3-5-11-10(7-9)4-6-12(14)13(11)15;1-9(2)10-6-7-12-11(8-10)4-3-5-13(12)14;1-9(2)10-3-4-12-8-13(14)6-5-11(12)7-10;1-9(2)10-6-7-12-11(8-10)4-3-5-13(12)14;1-9(2)11-7-10-5-3-4-6-12(10)13(14)8-11/h4-10H,1-3H3;3-8,15H,1-2H3;3-9H,14H2,1-2H3;3*3-9,14H,1-2H3. The second-order valence-electron chi connectivity index (χ2n) is 23.9. The Morgan fingerprint density at radius 1 is 0.314 bits per heavy atom. The van der Waals surface area contributed by atoms with E-state index in [1.165, 1.54) is 61.0 Å². The average molecular weight is 1150 g/mol. The molecule has 12 aromatic rings. The van der Waals surface area contributed by atoms with E-state index in [1.807, 2.05) is 91.0 Å². The Labute approximate surface area is 509 Å². The molecule has 6 N–H and O–H groups in total. The highest BCUT2D eigenvalue weighted by molar-refractivity contribution is 5.94. The van der Waals surface area contributed by atoms with Crippen LogP contribution in [0.1, 0.15) is 152 Å². The predicted octanol–water partition coefficient (Wildman–Crippen LogP) is 22.3. The van der Waals surface area contributed by atoms with Gasteiger partial charge in [0.25, 0.3) is 0 Å². The molecule has 0 saturated heterocycles. The summed E-state index contributed by atoms with van der Waals surface area (Å²) in [5.41, 5.74) is 14.5. The van der Waals surface area contributed by atoms with Crippen LogP contribution in [0, 0.1) is 5.82 Å². The number of phenolic OH excluding ortho intramolecular Hbond substituents is 4. The number of anilines is 1. The van der Waals surface area contributed by atoms with Crippen molar-refractivity contribution in [2.75, 3.05) is 12.8 Å². The van der Waals surface area contributed by atoms with Gasteiger partial charge in [0.15, 0.2) is 11.6 Å². The van der Waals surface area contributed by atoms with Crippen molar-refractivity contribution in [3.63, 3.8) is 0 Å². The van der Waals surface area contributed by atoms with Crippen molar-refractivity contribution in [3.8, 4) is 28.7 Å². The number of rotatable bonds is 7. The number of methoxy groups -OCH3 is 1. The smallest absolute Gasteiger partial charge is 0.165 e. The summed E-state index contributed by atoms with van der Waals surface area (Å²) < 4.78 is 18.4. The van der Waals surface area contributed by atoms with E-state index in [4.69, 9.17) is 10.5 Å². The second kappa shape index (κ2) is 29.6. The molecule has 0 radical (unpaired) electrons. The van der Waals surface area contributed by atoms with Crippen molar-refractivity contribution in [2.45, 2.75) is 119 Å². The van der Waals surface area contributed by atoms with E-state index in [2.05, 4.69) is 168 Å². The minimum atomic E-state index is -0.570. The van der Waals surface area contributed by atoms with Gasteiger partial charge in [-0.15, -0.1) is 0 Å². The van der Waals surface area contributed by atoms with Gasteiger partial charge in [0.1, 0.15) is 23.0 Å². The zero-order valence-corrected chi connectivity index (χ0v) is 52.3. The van der Waals surface area contributed by atoms with Gasteiger partial charge in [-0.3, -0.25) is 0 Å². The van der Waals surface area contributed by atoms with Gasteiger partial charge < -0.3 is 30.9 Å². The van der Waals surface area contributed by atoms with Crippen molar-refractivity contribution < 1.29 is 29.6 Å². The molecule has 12 rings (SSSR count). The fourth-order valence-corrected chi connectivity index (χ4v) is 10.1. The molecule has 0 spiro atoms. The fraction of sp³-hybridized carbons (Fsp3) is 0.241. The molecule has 7 heteroatoms. The topological polar surface area (TPSA) is 116 Å². The largest absolute Gasteiger partial charge is 0.508 e. The van der Waals surface area contributed by atoms with Gasteiger partial charge in [-0.25, -0.2) is 4.39 Å². The minimum Gasteiger partial charge on any atom is -0.508 e. The molecule has 0 heterocycles. The van der Waals surface area contributed by atoms with Crippen molar-refractivity contribution in [3.05, 3.63) is 252 Å². The van der Waals surface area contributed by atoms with Crippen molar-refractivity contribution in [1.29, 1.82) is 0 Å². The summed E-state index contributed by atoms with van der Waals surface area (Å²) in [4.78, 5) is 0. The van der Waals surface area contributed by atoms with Crippen LogP contribution in [-0.4, -0.2) is 27.5 Å². The highest BCUT2D eigenvalue weighted by Gasteiger charge is 2.10. The average Bonchev–Trinajstić information content (AvgIpc) is 2.43. The van der Waals surface area contributed by atoms with Gasteiger partial charge >= 0.3 is 0 Å². The summed E-state index contributed by atoms with van der Waals surface area (Å²) in [6.45, 7) is 26.0. The van der Waals surface area contributed by atoms with Crippen LogP contribution in [0.3, 0.4) is 0 Å². The zero-order valence-electron chi connectivity index (χ0n) is 52.3. The third kappa shape index (κ3) is 16.6. The molecule has 0 fully saturated rings. The maximum atomic E-state index is 13.1. The summed E-state index contributed by atoms with van der Waals surface area (Å²) in [5.74, 6) is 4.29. The van der Waals surface area contributed by atoms with Gasteiger partial charge in [0.2, 0.25) is 0 Å². The molecular formula is C79H86FNO5. The maximum absolute atomic E-state index is 13.1. The molecule has 0 amide bonds. The number of hydrogen-bond donors (Lipinski definition) is 5. The lowest BCUT2D eigenvalue weighted by Gasteiger charge is -2.09. The Balaban J connectivity index is 0.000000148. The highest BCUT2D eigenvalue weighted by Crippen LogP contribution is 2.34. The summed E-state index contributed by atoms with van der Waals surface area (Å²) in [5, 5.41) is 50.8. The monoisotopic (exact) mass is 1150 g/mol. The van der Waals surface area contributed by atoms with Crippen LogP contribution >= 0.6 is 0 Å². The van der Waals surface area contributed by atoms with E-state index >= 15 is 0 Å². The Morgan fingerprint density at radius 3 is 1.23 bits per heavy atom. The molecule has 0 bridgehead atoms. The highest BCUT2D eigenvalue weighted by atomic mass is 19.1. The molecule has 0 aliphatic heterocycles. The number of phenols is 4. The van der Waals surface area contributed by atoms with Crippen LogP contribution in [0.15, 0.2) is 212 Å². The number of nitrogens with two attached hydrogens (primary N) is 1. The summed E-state index contributed by atoms with van der Waals surface area (Å²) in [6, 6.07) is 69.5. The molecule has 0 saturated carbocycles. The van der Waals surface area contributed by atoms with E-state index in [0.717, 1.165) is 49.1 Å². The van der Waals surface area contributed by atoms with Crippen LogP contribution in [0.2, 0.25) is 0 Å². The fourth-order valence-electron chi connectivity index (χ4n) is 10.1. The number of benzene rings is 12. The molecule has 444 valence electrons. The zero-order chi connectivity index (χ0) is 62.4. The molecule has 0 atom stereocenters. The Hall–Kier alpha value is -9.07. The number of hydrogen-bond acceptors (Lipinski definition) is 6. The van der Waals surface area contributed by atoms with Gasteiger partial charge in [-0.2, -0.15) is 0 Å². The third-order valence-electron chi connectivity index (χ3n) is 15.6. The van der Waals surface area contributed by atoms with Crippen LogP contribution in [0.5, 0.6) is 28.7 Å². The van der Waals surface area contributed by atoms with Crippen molar-refractivity contribution >= 4 is 70.3 Å². The SMILES string of the molecule is CC(C)c1cc(O)c2ccccc2c1.CC(C)c1ccc2c(N)cccc2c1.CC(C)c1ccc2c(O)c(F)ccc2c1.CC(C)c1ccc2c(O)cccc2c1.CC(C)c1ccc2cc(O)ccc2c1.COc1cccc2cc(C(C)C)ccc12. The molecule has 0 aliphatic rings. The lowest BCUT2D eigenvalue weighted by molar-refractivity contribution is 0.420. The molecule has 12 aromatic carbocycles. The number of aromatic hydroxyl groups is 4. The molecular weight excluding hydrogens is 1060 g/mol. The van der Waals surface area contributed by atoms with Crippen LogP contribution in [0.25, 0.3) is 64.6 Å². The Bertz CT molecular complexity index is 4110. The Morgan fingerprint density at radius 2 is 0.686 bits per heavy atom. The lowest BCUT2D eigenvalue weighted by Crippen LogP contribution is -1.89. The Kier molecular flexibility index (Phi) is 22.2. The van der Waals surface area contributed by atoms with Crippen LogP contribution in [0.4, 0.5) is 10.1 Å². The molecule has 0 unspecified atom stereocenters. The van der Waals surface area contributed by atoms with E-state index < -0.39 is 5.82 Å². The first-order chi connectivity index (χ1) is 41.0. The number of ether oxygens (including phenoxy) is 1. The first kappa shape index (κ1) is 64.5. The van der Waals surface area contributed by atoms with Gasteiger partial charge in [0, 0.05) is 32.6 Å². The van der Waals surface area contributed by atoms with Gasteiger partial charge in [-0.1, -0.05) is 253 Å². The molecule has 0 aliphatic carbocycles. The van der Waals surface area contributed by atoms with Gasteiger partial charge in [-0.05, 0) is 149 Å². The van der Waals surface area contributed by atoms with E-state index in [1.54, 1.807) is 37.4 Å². The lowest BCUT2D eigenvalue weighted by atomic mass is 9.98. The third-order valence-corrected chi connectivity index (χ3v) is 15.6. The second-order valence-corrected chi connectivity index (χ2v) is 23.9. The van der Waals surface area contributed by atoms with Crippen LogP contribution in [-0.2, 0) is 0 Å².